The summed E-state index contributed by atoms with van der Waals surface area (Å²) in [4.78, 5) is 37.9. The number of phenolic OH excluding ortho intramolecular Hbond substituents is 2. The Morgan fingerprint density at radius 3 is 2.37 bits per heavy atom. The van der Waals surface area contributed by atoms with Crippen LogP contribution in [0.25, 0.3) is 10.8 Å². The Morgan fingerprint density at radius 1 is 1.13 bits per heavy atom. The minimum Gasteiger partial charge on any atom is -0.508 e. The van der Waals surface area contributed by atoms with Gasteiger partial charge in [-0.15, -0.1) is 0 Å². The predicted octanol–water partition coefficient (Wildman–Crippen LogP) is 1.27. The van der Waals surface area contributed by atoms with Crippen molar-refractivity contribution in [2.24, 2.45) is 11.7 Å². The van der Waals surface area contributed by atoms with Crippen molar-refractivity contribution in [3.05, 3.63) is 45.7 Å². The minimum atomic E-state index is -2.64. The molecule has 2 aromatic rings. The quantitative estimate of drug-likeness (QED) is 0.439. The normalized spacial score (nSPS) is 26.0. The van der Waals surface area contributed by atoms with Gasteiger partial charge in [-0.2, -0.15) is 0 Å². The smallest absolute Gasteiger partial charge is 0.206 e. The van der Waals surface area contributed by atoms with Crippen LogP contribution in [0.3, 0.4) is 0 Å². The summed E-state index contributed by atoms with van der Waals surface area (Å²) in [7, 11) is 0. The number of aliphatic hydroxyl groups excluding tert-OH is 1. The maximum atomic E-state index is 13.5. The molecule has 156 valence electrons. The van der Waals surface area contributed by atoms with Crippen molar-refractivity contribution in [2.45, 2.75) is 38.8 Å². The van der Waals surface area contributed by atoms with Crippen LogP contribution in [0.2, 0.25) is 0 Å². The molecule has 8 nitrogen and oxygen atoms in total. The average Bonchev–Trinajstić information content (AvgIpc) is 2.68. The molecule has 0 radical (unpaired) electrons. The first-order valence-corrected chi connectivity index (χ1v) is 9.42. The van der Waals surface area contributed by atoms with Crippen molar-refractivity contribution < 1.29 is 34.8 Å². The first-order valence-electron chi connectivity index (χ1n) is 9.42. The molecule has 0 unspecified atom stereocenters. The highest BCUT2D eigenvalue weighted by Gasteiger charge is 2.60. The number of hydrogen-bond donors (Lipinski definition) is 5. The van der Waals surface area contributed by atoms with Gasteiger partial charge in [0.1, 0.15) is 22.8 Å². The van der Waals surface area contributed by atoms with Gasteiger partial charge in [0, 0.05) is 5.92 Å². The number of ketones is 3. The lowest BCUT2D eigenvalue weighted by atomic mass is 9.61. The van der Waals surface area contributed by atoms with E-state index in [2.05, 4.69) is 0 Å². The number of rotatable bonds is 1. The number of nitrogens with two attached hydrogens (primary N) is 1. The lowest BCUT2D eigenvalue weighted by Gasteiger charge is -2.45. The van der Waals surface area contributed by atoms with E-state index in [0.717, 1.165) is 6.92 Å². The molecular formula is C22H21NO7. The fourth-order valence-corrected chi connectivity index (χ4v) is 4.76. The minimum absolute atomic E-state index is 0.0492. The van der Waals surface area contributed by atoms with E-state index in [9.17, 15) is 34.8 Å². The Kier molecular flexibility index (Phi) is 4.10. The molecule has 2 aromatic carbocycles. The van der Waals surface area contributed by atoms with Gasteiger partial charge in [-0.1, -0.05) is 12.1 Å². The summed E-state index contributed by atoms with van der Waals surface area (Å²) in [6, 6.07) is 1.97. The number of hydrogen-bond acceptors (Lipinski definition) is 8. The molecule has 0 heterocycles. The molecule has 8 heteroatoms. The monoisotopic (exact) mass is 411 g/mol. The molecule has 2 aliphatic carbocycles. The number of aryl methyl sites for hydroxylation is 2. The SMILES string of the molecule is CC(=O)C1=C(O)[C@]2(O)C(=O)c3c(c(C)c4ccc(C)c(O)c4c3O)C[C@H]2[C@H](N)C1=O. The Morgan fingerprint density at radius 2 is 1.77 bits per heavy atom. The van der Waals surface area contributed by atoms with Crippen LogP contribution in [-0.4, -0.2) is 49.4 Å². The maximum Gasteiger partial charge on any atom is 0.206 e. The van der Waals surface area contributed by atoms with Crippen LogP contribution in [0.5, 0.6) is 11.5 Å². The second kappa shape index (κ2) is 6.13. The van der Waals surface area contributed by atoms with Crippen LogP contribution in [0.15, 0.2) is 23.5 Å². The summed E-state index contributed by atoms with van der Waals surface area (Å²) in [5.74, 6) is -5.76. The van der Waals surface area contributed by atoms with Gasteiger partial charge in [-0.05, 0) is 49.3 Å². The fraction of sp³-hybridized carbons (Fsp3) is 0.318. The molecule has 4 rings (SSSR count). The van der Waals surface area contributed by atoms with Crippen LogP contribution < -0.4 is 5.73 Å². The highest BCUT2D eigenvalue weighted by Crippen LogP contribution is 2.50. The Balaban J connectivity index is 2.11. The van der Waals surface area contributed by atoms with Crippen molar-refractivity contribution in [3.63, 3.8) is 0 Å². The third kappa shape index (κ3) is 2.20. The van der Waals surface area contributed by atoms with E-state index in [1.807, 2.05) is 0 Å². The molecule has 0 aromatic heterocycles. The Labute approximate surface area is 171 Å². The topological polar surface area (TPSA) is 158 Å². The summed E-state index contributed by atoms with van der Waals surface area (Å²) in [6.07, 6.45) is -0.0936. The Hall–Kier alpha value is -3.23. The molecule has 30 heavy (non-hydrogen) atoms. The summed E-state index contributed by atoms with van der Waals surface area (Å²) in [5.41, 5.74) is 3.80. The van der Waals surface area contributed by atoms with Crippen LogP contribution in [0, 0.1) is 19.8 Å². The maximum absolute atomic E-state index is 13.5. The predicted molar refractivity (Wildman–Crippen MR) is 107 cm³/mol. The van der Waals surface area contributed by atoms with E-state index < -0.39 is 52.0 Å². The highest BCUT2D eigenvalue weighted by molar-refractivity contribution is 6.25. The van der Waals surface area contributed by atoms with Gasteiger partial charge in [0.25, 0.3) is 0 Å². The molecule has 0 saturated heterocycles. The van der Waals surface area contributed by atoms with Gasteiger partial charge in [0.05, 0.1) is 17.0 Å². The van der Waals surface area contributed by atoms with Gasteiger partial charge in [-0.25, -0.2) is 0 Å². The molecule has 0 fully saturated rings. The van der Waals surface area contributed by atoms with Crippen molar-refractivity contribution in [3.8, 4) is 11.5 Å². The zero-order valence-corrected chi connectivity index (χ0v) is 16.6. The molecular weight excluding hydrogens is 390 g/mol. The molecule has 0 bridgehead atoms. The number of carbonyl (C=O) groups excluding carboxylic acids is 3. The van der Waals surface area contributed by atoms with Gasteiger partial charge in [0.15, 0.2) is 17.2 Å². The molecule has 0 amide bonds. The molecule has 0 aliphatic heterocycles. The van der Waals surface area contributed by atoms with E-state index in [0.29, 0.717) is 22.1 Å². The summed E-state index contributed by atoms with van der Waals surface area (Å²) in [6.45, 7) is 4.35. The van der Waals surface area contributed by atoms with Crippen molar-refractivity contribution >= 4 is 28.1 Å². The van der Waals surface area contributed by atoms with E-state index in [1.165, 1.54) is 0 Å². The first kappa shape index (κ1) is 20.1. The average molecular weight is 411 g/mol. The Bertz CT molecular complexity index is 1230. The third-order valence-electron chi connectivity index (χ3n) is 6.48. The van der Waals surface area contributed by atoms with Crippen LogP contribution >= 0.6 is 0 Å². The summed E-state index contributed by atoms with van der Waals surface area (Å²) in [5, 5.41) is 43.9. The number of Topliss-reactive ketones (excluding diaryl/α,β-unsaturated/α-hetero) is 3. The number of aliphatic hydroxyl groups is 2. The van der Waals surface area contributed by atoms with E-state index >= 15 is 0 Å². The number of fused-ring (bicyclic) bond motifs is 3. The zero-order chi connectivity index (χ0) is 22.3. The van der Waals surface area contributed by atoms with E-state index in [-0.39, 0.29) is 23.1 Å². The second-order valence-corrected chi connectivity index (χ2v) is 8.06. The van der Waals surface area contributed by atoms with Gasteiger partial charge in [-0.3, -0.25) is 14.4 Å². The van der Waals surface area contributed by atoms with Crippen molar-refractivity contribution in [1.82, 2.24) is 0 Å². The fourth-order valence-electron chi connectivity index (χ4n) is 4.76. The van der Waals surface area contributed by atoms with Crippen molar-refractivity contribution in [2.75, 3.05) is 0 Å². The lowest BCUT2D eigenvalue weighted by Crippen LogP contribution is -2.63. The van der Waals surface area contributed by atoms with Crippen LogP contribution in [-0.2, 0) is 16.0 Å². The standard InChI is InChI=1S/C22H21NO7/c1-7-4-5-10-8(2)11-6-12-16(23)19(27)13(9(3)24)20(28)22(12,30)21(29)15(11)18(26)14(10)17(7)25/h4-5,12,16,25-26,28,30H,6,23H2,1-3H3/t12-,16-,22-/m0/s1. The van der Waals surface area contributed by atoms with Crippen LogP contribution in [0.4, 0.5) is 0 Å². The number of benzene rings is 2. The third-order valence-corrected chi connectivity index (χ3v) is 6.48. The summed E-state index contributed by atoms with van der Waals surface area (Å²) >= 11 is 0. The number of carbonyl (C=O) groups is 3. The molecule has 0 spiro atoms. The molecule has 2 aliphatic rings. The summed E-state index contributed by atoms with van der Waals surface area (Å²) < 4.78 is 0. The highest BCUT2D eigenvalue weighted by atomic mass is 16.3. The van der Waals surface area contributed by atoms with Gasteiger partial charge in [0.2, 0.25) is 5.78 Å². The lowest BCUT2D eigenvalue weighted by molar-refractivity contribution is -0.127. The van der Waals surface area contributed by atoms with Crippen molar-refractivity contribution in [1.29, 1.82) is 0 Å². The van der Waals surface area contributed by atoms with E-state index in [4.69, 9.17) is 5.73 Å². The zero-order valence-electron chi connectivity index (χ0n) is 16.6. The second-order valence-electron chi connectivity index (χ2n) is 8.06. The largest absolute Gasteiger partial charge is 0.508 e. The number of aromatic hydroxyl groups is 2. The van der Waals surface area contributed by atoms with Gasteiger partial charge < -0.3 is 26.2 Å². The molecule has 6 N–H and O–H groups in total. The van der Waals surface area contributed by atoms with Crippen LogP contribution in [0.1, 0.15) is 34.0 Å². The number of phenols is 2. The molecule has 0 saturated carbocycles. The van der Waals surface area contributed by atoms with Gasteiger partial charge >= 0.3 is 0 Å². The van der Waals surface area contributed by atoms with E-state index in [1.54, 1.807) is 26.0 Å². The first-order chi connectivity index (χ1) is 13.9. The molecule has 3 atom stereocenters.